The largest absolute Gasteiger partial charge is 2.00 e. The van der Waals surface area contributed by atoms with Crippen molar-refractivity contribution in [1.82, 2.24) is 26.6 Å². The van der Waals surface area contributed by atoms with Gasteiger partial charge in [0.25, 0.3) is 0 Å². The Kier molecular flexibility index (Phi) is 17.6. The molecule has 13 nitrogen and oxygen atoms in total. The number of carbonyl (C=O) groups is 2. The molecular weight excluding hydrogens is 715 g/mol. The van der Waals surface area contributed by atoms with E-state index in [9.17, 15) is 9.59 Å². The summed E-state index contributed by atoms with van der Waals surface area (Å²) >= 11 is 0. The molecule has 0 bridgehead atoms. The molecular formula is C35H63N7O6Ru. The first-order valence-corrected chi connectivity index (χ1v) is 18.7. The van der Waals surface area contributed by atoms with Gasteiger partial charge in [0.2, 0.25) is 11.8 Å². The van der Waals surface area contributed by atoms with E-state index in [1.807, 2.05) is 0 Å². The molecule has 5 N–H and O–H groups in total. The van der Waals surface area contributed by atoms with Crippen molar-refractivity contribution in [1.29, 1.82) is 0 Å². The average Bonchev–Trinajstić information content (AvgIpc) is 3.13. The molecule has 5 aliphatic rings. The topological polar surface area (TPSA) is 159 Å². The quantitative estimate of drug-likeness (QED) is 0.0957. The molecule has 2 amide bonds. The Balaban J connectivity index is 0.00000541. The normalized spacial score (nSPS) is 36.7. The summed E-state index contributed by atoms with van der Waals surface area (Å²) < 4.78 is 22.3. The molecule has 0 spiro atoms. The molecule has 11 unspecified atom stereocenters. The number of carbonyl (C=O) groups excluding carboxylic acids is 2. The van der Waals surface area contributed by atoms with Gasteiger partial charge < -0.3 is 45.5 Å². The maximum atomic E-state index is 13.1. The maximum absolute atomic E-state index is 13.1. The zero-order valence-corrected chi connectivity index (χ0v) is 31.9. The summed E-state index contributed by atoms with van der Waals surface area (Å²) in [5.74, 6) is 0.966. The molecule has 0 aromatic carbocycles. The van der Waals surface area contributed by atoms with Crippen LogP contribution in [0, 0.1) is 23.7 Å². The Morgan fingerprint density at radius 3 is 2.02 bits per heavy atom. The van der Waals surface area contributed by atoms with Crippen molar-refractivity contribution in [2.75, 3.05) is 61.3 Å². The van der Waals surface area contributed by atoms with Gasteiger partial charge in [-0.1, -0.05) is 19.3 Å². The first kappa shape index (κ1) is 41.0. The van der Waals surface area contributed by atoms with Crippen LogP contribution in [0.3, 0.4) is 0 Å². The molecule has 0 aromatic heterocycles. The molecule has 5 rings (SSSR count). The fourth-order valence-corrected chi connectivity index (χ4v) is 8.89. The summed E-state index contributed by atoms with van der Waals surface area (Å²) in [4.78, 5) is 25.9. The first-order chi connectivity index (χ1) is 23.4. The minimum Gasteiger partial charge on any atom is -0.660 e. The van der Waals surface area contributed by atoms with Crippen molar-refractivity contribution >= 4 is 11.8 Å². The third-order valence-corrected chi connectivity index (χ3v) is 11.7. The van der Waals surface area contributed by atoms with E-state index in [1.54, 1.807) is 28.4 Å². The summed E-state index contributed by atoms with van der Waals surface area (Å²) in [5.41, 5.74) is 0. The van der Waals surface area contributed by atoms with Crippen molar-refractivity contribution < 1.29 is 48.0 Å². The maximum Gasteiger partial charge on any atom is 2.00 e. The van der Waals surface area contributed by atoms with Crippen molar-refractivity contribution in [2.24, 2.45) is 23.7 Å². The monoisotopic (exact) mass is 779 g/mol. The summed E-state index contributed by atoms with van der Waals surface area (Å²) in [6, 6.07) is 1.17. The van der Waals surface area contributed by atoms with Crippen molar-refractivity contribution in [2.45, 2.75) is 126 Å². The number of hydrogen-bond donors (Lipinski definition) is 5. The summed E-state index contributed by atoms with van der Waals surface area (Å²) in [6.45, 7) is 3.36. The van der Waals surface area contributed by atoms with Crippen LogP contribution in [-0.4, -0.2) is 122 Å². The van der Waals surface area contributed by atoms with Gasteiger partial charge in [0.05, 0.1) is 18.4 Å². The van der Waals surface area contributed by atoms with E-state index in [0.717, 1.165) is 90.3 Å². The Bertz CT molecular complexity index is 982. The molecule has 5 fully saturated rings. The third-order valence-electron chi connectivity index (χ3n) is 11.7. The van der Waals surface area contributed by atoms with Gasteiger partial charge in [0.15, 0.2) is 6.29 Å². The Morgan fingerprint density at radius 1 is 0.755 bits per heavy atom. The van der Waals surface area contributed by atoms with E-state index in [2.05, 4.69) is 26.6 Å². The molecule has 3 aliphatic heterocycles. The second-order valence-electron chi connectivity index (χ2n) is 14.7. The molecule has 11 atom stereocenters. The van der Waals surface area contributed by atoms with E-state index in [1.165, 1.54) is 0 Å². The number of methoxy groups -OCH3 is 4. The van der Waals surface area contributed by atoms with Crippen LogP contribution in [0.5, 0.6) is 0 Å². The number of ether oxygens (including phenoxy) is 4. The number of unbranched alkanes of at least 4 members (excludes halogenated alkanes) is 1. The van der Waals surface area contributed by atoms with Crippen molar-refractivity contribution in [3.63, 3.8) is 0 Å². The van der Waals surface area contributed by atoms with Gasteiger partial charge in [0, 0.05) is 78.0 Å². The van der Waals surface area contributed by atoms with Gasteiger partial charge in [-0.2, -0.15) is 12.1 Å². The third kappa shape index (κ3) is 11.3. The molecule has 282 valence electrons. The minimum atomic E-state index is -0.196. The Morgan fingerprint density at radius 2 is 1.41 bits per heavy atom. The van der Waals surface area contributed by atoms with E-state index in [0.29, 0.717) is 43.6 Å². The minimum absolute atomic E-state index is 0. The van der Waals surface area contributed by atoms with E-state index in [4.69, 9.17) is 29.6 Å². The molecule has 0 radical (unpaired) electrons. The molecule has 14 heteroatoms. The van der Waals surface area contributed by atoms with E-state index < -0.39 is 0 Å². The van der Waals surface area contributed by atoms with Crippen LogP contribution in [0.15, 0.2) is 0 Å². The number of nitrogens with zero attached hydrogens (tertiary/aromatic N) is 2. The van der Waals surface area contributed by atoms with Crippen LogP contribution >= 0.6 is 0 Å². The predicted octanol–water partition coefficient (Wildman–Crippen LogP) is 2.35. The van der Waals surface area contributed by atoms with Crippen LogP contribution in [-0.2, 0) is 48.0 Å². The molecule has 0 aromatic rings. The van der Waals surface area contributed by atoms with E-state index >= 15 is 0 Å². The number of rotatable bonds is 15. The van der Waals surface area contributed by atoms with Gasteiger partial charge in [-0.15, -0.1) is 13.1 Å². The number of fused-ring (bicyclic) bond motifs is 1. The predicted molar refractivity (Wildman–Crippen MR) is 184 cm³/mol. The smallest absolute Gasteiger partial charge is 0.660 e. The van der Waals surface area contributed by atoms with Crippen LogP contribution < -0.4 is 26.6 Å². The average molecular weight is 779 g/mol. The van der Waals surface area contributed by atoms with Gasteiger partial charge in [0.1, 0.15) is 0 Å². The van der Waals surface area contributed by atoms with Crippen molar-refractivity contribution in [3.05, 3.63) is 10.6 Å². The molecule has 2 saturated carbocycles. The van der Waals surface area contributed by atoms with Crippen LogP contribution in [0.25, 0.3) is 10.6 Å². The number of nitrogens with one attached hydrogen (secondary N) is 5. The first-order valence-electron chi connectivity index (χ1n) is 18.7. The fourth-order valence-electron chi connectivity index (χ4n) is 8.89. The van der Waals surface area contributed by atoms with Gasteiger partial charge in [-0.25, -0.2) is 0 Å². The molecule has 49 heavy (non-hydrogen) atoms. The number of piperidine rings is 2. The molecule has 2 aliphatic carbocycles. The van der Waals surface area contributed by atoms with Gasteiger partial charge >= 0.3 is 19.5 Å². The Labute approximate surface area is 307 Å². The summed E-state index contributed by atoms with van der Waals surface area (Å²) in [7, 11) is 6.91. The van der Waals surface area contributed by atoms with Crippen LogP contribution in [0.4, 0.5) is 0 Å². The Hall–Kier alpha value is -0.797. The molecule has 3 saturated heterocycles. The second kappa shape index (κ2) is 21.0. The summed E-state index contributed by atoms with van der Waals surface area (Å²) in [6.07, 6.45) is 11.5. The van der Waals surface area contributed by atoms with Gasteiger partial charge in [-0.3, -0.25) is 20.2 Å². The van der Waals surface area contributed by atoms with Gasteiger partial charge in [-0.05, 0) is 63.7 Å². The SMILES string of the molecule is COC1CC2NCNC(NC3CCCC(C(=O)NCCCCNC(=O)C4CCC(C5CCC(C(OC)OC)C[N-]5)[N-]C4)C3)C2CC1OC.[Ru+2]. The number of hydrogen-bond acceptors (Lipinski definition) is 9. The molecule has 3 heterocycles. The zero-order chi connectivity index (χ0) is 33.9. The van der Waals surface area contributed by atoms with Crippen LogP contribution in [0.1, 0.15) is 77.0 Å². The summed E-state index contributed by atoms with van der Waals surface area (Å²) in [5, 5.41) is 27.2. The standard InChI is InChI=1S/C35H63N7O6.Ru/c1-45-30-17-26-29(18-31(30)46-2)40-21-41-32(26)42-25-9-7-8-22(16-25)33(43)36-14-5-6-15-37-34(44)23-10-12-27(38-19-23)28-13-11-24(20-39-28)35(47-3)48-4;/h22-32,35,40-42H,5-21H2,1-4H3,(H,36,43)(H,37,44);/q-2;+2. The fraction of sp³-hybridized carbons (Fsp3) is 0.943. The van der Waals surface area contributed by atoms with Crippen molar-refractivity contribution in [3.8, 4) is 0 Å². The van der Waals surface area contributed by atoms with E-state index in [-0.39, 0.29) is 79.9 Å². The number of amides is 2. The van der Waals surface area contributed by atoms with Crippen LogP contribution in [0.2, 0.25) is 0 Å². The zero-order valence-electron chi connectivity index (χ0n) is 30.1. The second-order valence-corrected chi connectivity index (χ2v) is 14.7.